The number of amidine groups is 2. The van der Waals surface area contributed by atoms with Crippen molar-refractivity contribution in [3.63, 3.8) is 0 Å². The Morgan fingerprint density at radius 2 is 1.15 bits per heavy atom. The highest BCUT2D eigenvalue weighted by atomic mass is 79.9. The minimum Gasteiger partial charge on any atom is -0.481 e. The Kier molecular flexibility index (Phi) is 25.3. The molecule has 0 radical (unpaired) electrons. The van der Waals surface area contributed by atoms with E-state index in [-0.39, 0.29) is 48.6 Å². The summed E-state index contributed by atoms with van der Waals surface area (Å²) in [4.78, 5) is 101. The fourth-order valence-electron chi connectivity index (χ4n) is 11.1. The Balaban J connectivity index is 0.000000232. The second-order valence-corrected chi connectivity index (χ2v) is 26.0. The van der Waals surface area contributed by atoms with Crippen molar-refractivity contribution in [1.29, 1.82) is 0 Å². The molecule has 6 aliphatic heterocycles. The van der Waals surface area contributed by atoms with E-state index in [4.69, 9.17) is 42.8 Å². The zero-order chi connectivity index (χ0) is 62.9. The van der Waals surface area contributed by atoms with Gasteiger partial charge in [-0.25, -0.2) is 37.9 Å². The number of urea groups is 2. The summed E-state index contributed by atoms with van der Waals surface area (Å²) in [5.41, 5.74) is 1.18. The van der Waals surface area contributed by atoms with Gasteiger partial charge < -0.3 is 49.9 Å². The fourth-order valence-corrected chi connectivity index (χ4v) is 13.3. The van der Waals surface area contributed by atoms with Crippen LogP contribution in [-0.4, -0.2) is 183 Å². The number of alkyl halides is 1. The van der Waals surface area contributed by atoms with Crippen molar-refractivity contribution in [3.8, 4) is 0 Å². The molecule has 4 saturated heterocycles. The van der Waals surface area contributed by atoms with Gasteiger partial charge in [-0.05, 0) is 96.9 Å². The number of methoxy groups -OCH3 is 2. The Morgan fingerprint density at radius 1 is 0.685 bits per heavy atom. The van der Waals surface area contributed by atoms with E-state index in [9.17, 15) is 42.7 Å². The number of thiazole rings is 2. The number of allylic oxidation sites excluding steroid dienone is 1. The lowest BCUT2D eigenvalue weighted by molar-refractivity contribution is -0.148. The van der Waals surface area contributed by atoms with Crippen molar-refractivity contribution in [3.05, 3.63) is 125 Å². The maximum absolute atomic E-state index is 13.9. The van der Waals surface area contributed by atoms with Gasteiger partial charge in [-0.3, -0.25) is 24.5 Å². The number of halogens is 5. The van der Waals surface area contributed by atoms with E-state index >= 15 is 0 Å². The lowest BCUT2D eigenvalue weighted by Gasteiger charge is -2.38. The molecule has 10 rings (SSSR count). The average Bonchev–Trinajstić information content (AvgIpc) is 1.23. The van der Waals surface area contributed by atoms with Crippen LogP contribution in [0, 0.1) is 22.5 Å². The number of carbonyl (C=O) groups excluding carboxylic acids is 4. The number of nitrogens with zero attached hydrogens (tertiary/aromatic N) is 9. The first-order valence-corrected chi connectivity index (χ1v) is 32.0. The van der Waals surface area contributed by atoms with Crippen molar-refractivity contribution in [2.75, 3.05) is 78.5 Å². The first-order valence-electron chi connectivity index (χ1n) is 28.3. The molecule has 0 saturated carbocycles. The van der Waals surface area contributed by atoms with Crippen LogP contribution < -0.4 is 10.6 Å². The highest BCUT2D eigenvalue weighted by Crippen LogP contribution is 2.39. The molecule has 4 fully saturated rings. The number of carbonyl (C=O) groups is 6. The number of esters is 2. The maximum Gasteiger partial charge on any atom is 0.338 e. The monoisotopic (exact) mass is 1380 g/mol. The number of aromatic nitrogens is 2. The third-order valence-electron chi connectivity index (χ3n) is 16.1. The van der Waals surface area contributed by atoms with E-state index in [2.05, 4.69) is 46.4 Å². The van der Waals surface area contributed by atoms with Crippen LogP contribution in [0.25, 0.3) is 0 Å². The van der Waals surface area contributed by atoms with Crippen molar-refractivity contribution < 1.29 is 57.2 Å². The normalized spacial score (nSPS) is 20.0. The molecule has 4 amide bonds. The molecule has 28 heteroatoms. The summed E-state index contributed by atoms with van der Waals surface area (Å²) in [6, 6.07) is 6.87. The molecule has 6 aliphatic rings. The van der Waals surface area contributed by atoms with E-state index in [1.165, 1.54) is 79.7 Å². The molecule has 89 heavy (non-hydrogen) atoms. The zero-order valence-electron chi connectivity index (χ0n) is 49.0. The van der Waals surface area contributed by atoms with Gasteiger partial charge in [0.15, 0.2) is 21.7 Å². The quantitative estimate of drug-likeness (QED) is 0.0503. The van der Waals surface area contributed by atoms with Gasteiger partial charge in [0.2, 0.25) is 0 Å². The van der Waals surface area contributed by atoms with Gasteiger partial charge in [-0.15, -0.1) is 22.7 Å². The van der Waals surface area contributed by atoms with E-state index in [0.29, 0.717) is 126 Å². The average molecular weight is 1380 g/mol. The van der Waals surface area contributed by atoms with Gasteiger partial charge >= 0.3 is 35.9 Å². The lowest BCUT2D eigenvalue weighted by atomic mass is 9.88. The van der Waals surface area contributed by atoms with Crippen LogP contribution in [-0.2, 0) is 28.7 Å². The standard InChI is InChI=1S/C29H34ClFN6O5S.C16H12BrClFN3O2S.C14H24N2O3.2CH4/c1-29(2,27(39)40)7-4-9-36-15-18-14-35(10-11-37(18)28(36)41)16-21-22(26(38)42-3)23(19-6-5-17(31)13-20(19)30)34-24(33-21)25-32-8-12-43-25;1-24-16(23)12-11(7-17)21-14(15-20-4-5-25-15)22-13(12)9-3-2-8(19)6-10(9)18;1-14(2,12(17)18)7-5-8-15-10-11-6-3-4-9-16(11)13(15)19;;/h5-6,8,12-13,18,23H,4,7,9-11,14-16H2,1-3H3,(H,33,34)(H,39,40);2-6,13H,7H2,1H3,(H,21,22);11H,3-10H2,1-2H3,(H,17,18);2*1H4/t18?,23-;13-;;;/m00.../s1. The predicted octanol–water partition coefficient (Wildman–Crippen LogP) is 11.1. The van der Waals surface area contributed by atoms with Crippen LogP contribution in [0.1, 0.15) is 121 Å². The fraction of sp³-hybridized carbons (Fsp3) is 0.508. The Morgan fingerprint density at radius 3 is 1.57 bits per heavy atom. The number of fused-ring (bicyclic) bond motifs is 2. The summed E-state index contributed by atoms with van der Waals surface area (Å²) >= 11 is 18.8. The number of hydrogen-bond acceptors (Lipinski definition) is 17. The van der Waals surface area contributed by atoms with Gasteiger partial charge in [0.1, 0.15) is 23.7 Å². The molecule has 0 spiro atoms. The number of hydrogen-bond donors (Lipinski definition) is 4. The molecule has 0 bridgehead atoms. The van der Waals surface area contributed by atoms with Gasteiger partial charge in [0.25, 0.3) is 0 Å². The Bertz CT molecular complexity index is 3340. The van der Waals surface area contributed by atoms with Crippen LogP contribution in [0.5, 0.6) is 0 Å². The number of carboxylic acid groups (broad SMARTS) is 2. The first kappa shape index (κ1) is 71.5. The summed E-state index contributed by atoms with van der Waals surface area (Å²) < 4.78 is 37.4. The van der Waals surface area contributed by atoms with E-state index in [1.807, 2.05) is 25.5 Å². The molecule has 21 nitrogen and oxygen atoms in total. The number of amides is 4. The number of ether oxygens (including phenoxy) is 2. The number of benzene rings is 2. The summed E-state index contributed by atoms with van der Waals surface area (Å²) in [5, 5.41) is 30.5. The number of carboxylic acids is 2. The number of aliphatic imine (C=N–C) groups is 2. The van der Waals surface area contributed by atoms with Crippen LogP contribution in [0.3, 0.4) is 0 Å². The molecule has 4 atom stereocenters. The van der Waals surface area contributed by atoms with Gasteiger partial charge in [-0.1, -0.05) is 66.1 Å². The van der Waals surface area contributed by atoms with Gasteiger partial charge in [0.05, 0.1) is 48.3 Å². The molecule has 0 aliphatic carbocycles. The van der Waals surface area contributed by atoms with Gasteiger partial charge in [-0.2, -0.15) is 0 Å². The number of rotatable bonds is 19. The Hall–Kier alpha value is -6.58. The van der Waals surface area contributed by atoms with Crippen LogP contribution in [0.2, 0.25) is 10.0 Å². The number of aliphatic carboxylic acids is 2. The smallest absolute Gasteiger partial charge is 0.338 e. The molecule has 2 aromatic carbocycles. The third kappa shape index (κ3) is 17.1. The lowest BCUT2D eigenvalue weighted by Crippen LogP contribution is -2.53. The summed E-state index contributed by atoms with van der Waals surface area (Å²) in [6.45, 7) is 12.3. The molecule has 8 heterocycles. The SMILES string of the molecule is C.C.CC(C)(CCCN1CC2CCCCN2C1=O)C(=O)O.COC(=O)C1=C(CBr)NC(c2nccs2)=N[C@H]1c1ccc(F)cc1Cl.COC(=O)C1=C(CN2CCN3C(=O)N(CCCC(C)(C)C(=O)O)CC3C2)NC(c2nccs2)=N[C@H]1c1ccc(F)cc1Cl. The summed E-state index contributed by atoms with van der Waals surface area (Å²) in [6.07, 6.45) is 9.20. The van der Waals surface area contributed by atoms with Gasteiger partial charge in [0, 0.05) is 120 Å². The largest absolute Gasteiger partial charge is 0.481 e. The maximum atomic E-state index is 13.9. The second kappa shape index (κ2) is 31.4. The topological polar surface area (TPSA) is 252 Å². The minimum atomic E-state index is -0.851. The molecule has 2 aromatic heterocycles. The molecule has 4 aromatic rings. The van der Waals surface area contributed by atoms with Crippen molar-refractivity contribution in [2.24, 2.45) is 20.8 Å². The number of piperazine rings is 1. The van der Waals surface area contributed by atoms with E-state index in [1.54, 1.807) is 45.0 Å². The van der Waals surface area contributed by atoms with Crippen molar-refractivity contribution in [1.82, 2.24) is 45.1 Å². The van der Waals surface area contributed by atoms with E-state index < -0.39 is 58.4 Å². The molecule has 4 N–H and O–H groups in total. The molecular weight excluding hydrogens is 1300 g/mol. The second-order valence-electron chi connectivity index (χ2n) is 22.9. The summed E-state index contributed by atoms with van der Waals surface area (Å²) in [5.74, 6) is -2.71. The van der Waals surface area contributed by atoms with E-state index in [0.717, 1.165) is 32.4 Å². The molecule has 484 valence electrons. The first-order chi connectivity index (χ1) is 41.4. The summed E-state index contributed by atoms with van der Waals surface area (Å²) in [7, 11) is 2.59. The highest BCUT2D eigenvalue weighted by Gasteiger charge is 2.43. The Labute approximate surface area is 544 Å². The zero-order valence-corrected chi connectivity index (χ0v) is 53.7. The van der Waals surface area contributed by atoms with Crippen molar-refractivity contribution >= 4 is 109 Å². The highest BCUT2D eigenvalue weighted by molar-refractivity contribution is 9.09. The third-order valence-corrected chi connectivity index (χ3v) is 18.8. The van der Waals surface area contributed by atoms with Crippen LogP contribution in [0.15, 0.2) is 92.1 Å². The molecule has 2 unspecified atom stereocenters. The van der Waals surface area contributed by atoms with Crippen molar-refractivity contribution in [2.45, 2.75) is 112 Å². The van der Waals surface area contributed by atoms with Crippen LogP contribution >= 0.6 is 61.8 Å². The minimum absolute atomic E-state index is 0. The number of piperidine rings is 1. The van der Waals surface area contributed by atoms with Crippen LogP contribution in [0.4, 0.5) is 18.4 Å². The molecular formula is C61H78BrCl2F2N11O10S2. The predicted molar refractivity (Wildman–Crippen MR) is 344 cm³/mol. The number of nitrogens with one attached hydrogen (secondary N) is 2.